The lowest BCUT2D eigenvalue weighted by Crippen LogP contribution is -2.14. The van der Waals surface area contributed by atoms with Crippen LogP contribution in [-0.4, -0.2) is 29.3 Å². The van der Waals surface area contributed by atoms with E-state index in [4.69, 9.17) is 14.3 Å². The second kappa shape index (κ2) is 5.12. The van der Waals surface area contributed by atoms with Crippen LogP contribution in [0.5, 0.6) is 0 Å². The highest BCUT2D eigenvalue weighted by Crippen LogP contribution is 2.25. The van der Waals surface area contributed by atoms with E-state index in [0.29, 0.717) is 18.9 Å². The van der Waals surface area contributed by atoms with Crippen LogP contribution < -0.4 is 0 Å². The Balaban J connectivity index is 1.93. The quantitative estimate of drug-likeness (QED) is 0.842. The SMILES string of the molecule is O=C(O)CCc1ncc(C2CCCOC2)o1. The zero-order chi connectivity index (χ0) is 11.4. The van der Waals surface area contributed by atoms with Crippen molar-refractivity contribution in [3.63, 3.8) is 0 Å². The average molecular weight is 225 g/mol. The van der Waals surface area contributed by atoms with Gasteiger partial charge < -0.3 is 14.3 Å². The van der Waals surface area contributed by atoms with Crippen LogP contribution in [0.4, 0.5) is 0 Å². The molecule has 1 aromatic rings. The van der Waals surface area contributed by atoms with Crippen LogP contribution in [0.1, 0.15) is 36.8 Å². The number of hydrogen-bond donors (Lipinski definition) is 1. The second-order valence-corrected chi connectivity index (χ2v) is 3.96. The highest BCUT2D eigenvalue weighted by Gasteiger charge is 2.20. The number of carboxylic acid groups (broad SMARTS) is 1. The number of oxazole rings is 1. The summed E-state index contributed by atoms with van der Waals surface area (Å²) >= 11 is 0. The van der Waals surface area contributed by atoms with Gasteiger partial charge in [-0.05, 0) is 12.8 Å². The van der Waals surface area contributed by atoms with E-state index in [1.54, 1.807) is 6.20 Å². The van der Waals surface area contributed by atoms with Gasteiger partial charge in [0.25, 0.3) is 0 Å². The molecule has 5 heteroatoms. The number of hydrogen-bond acceptors (Lipinski definition) is 4. The van der Waals surface area contributed by atoms with Crippen LogP contribution in [0.25, 0.3) is 0 Å². The van der Waals surface area contributed by atoms with Gasteiger partial charge in [0.1, 0.15) is 5.76 Å². The van der Waals surface area contributed by atoms with Crippen LogP contribution in [0.15, 0.2) is 10.6 Å². The molecule has 1 aliphatic heterocycles. The third-order valence-electron chi connectivity index (χ3n) is 2.69. The zero-order valence-corrected chi connectivity index (χ0v) is 9.02. The maximum absolute atomic E-state index is 10.4. The molecule has 1 aliphatic rings. The van der Waals surface area contributed by atoms with Gasteiger partial charge in [-0.25, -0.2) is 4.98 Å². The first kappa shape index (κ1) is 11.1. The fourth-order valence-corrected chi connectivity index (χ4v) is 1.81. The number of nitrogens with zero attached hydrogens (tertiary/aromatic N) is 1. The van der Waals surface area contributed by atoms with Crippen molar-refractivity contribution in [2.75, 3.05) is 13.2 Å². The Labute approximate surface area is 93.4 Å². The maximum Gasteiger partial charge on any atom is 0.303 e. The molecule has 1 saturated heterocycles. The Morgan fingerprint density at radius 3 is 3.19 bits per heavy atom. The molecule has 0 spiro atoms. The molecule has 1 atom stereocenters. The van der Waals surface area contributed by atoms with E-state index in [-0.39, 0.29) is 12.3 Å². The van der Waals surface area contributed by atoms with Crippen LogP contribution in [0.3, 0.4) is 0 Å². The van der Waals surface area contributed by atoms with Gasteiger partial charge >= 0.3 is 5.97 Å². The number of carboxylic acids is 1. The summed E-state index contributed by atoms with van der Waals surface area (Å²) < 4.78 is 10.9. The fraction of sp³-hybridized carbons (Fsp3) is 0.636. The van der Waals surface area contributed by atoms with Crippen LogP contribution in [-0.2, 0) is 16.0 Å². The molecule has 0 bridgehead atoms. The molecule has 2 rings (SSSR count). The molecule has 5 nitrogen and oxygen atoms in total. The predicted octanol–water partition coefficient (Wildman–Crippen LogP) is 1.59. The molecule has 0 saturated carbocycles. The largest absolute Gasteiger partial charge is 0.481 e. The van der Waals surface area contributed by atoms with Gasteiger partial charge in [0.2, 0.25) is 0 Å². The molecule has 88 valence electrons. The first-order valence-electron chi connectivity index (χ1n) is 5.50. The summed E-state index contributed by atoms with van der Waals surface area (Å²) in [6, 6.07) is 0. The van der Waals surface area contributed by atoms with Gasteiger partial charge in [-0.2, -0.15) is 0 Å². The Hall–Kier alpha value is -1.36. The first-order chi connectivity index (χ1) is 7.75. The van der Waals surface area contributed by atoms with Crippen LogP contribution >= 0.6 is 0 Å². The molecule has 0 radical (unpaired) electrons. The minimum absolute atomic E-state index is 0.0567. The lowest BCUT2D eigenvalue weighted by Gasteiger charge is -2.19. The van der Waals surface area contributed by atoms with Crippen LogP contribution in [0.2, 0.25) is 0 Å². The summed E-state index contributed by atoms with van der Waals surface area (Å²) in [5.41, 5.74) is 0. The van der Waals surface area contributed by atoms with E-state index < -0.39 is 5.97 Å². The lowest BCUT2D eigenvalue weighted by atomic mass is 10.0. The van der Waals surface area contributed by atoms with E-state index in [0.717, 1.165) is 25.2 Å². The third-order valence-corrected chi connectivity index (χ3v) is 2.69. The number of carbonyl (C=O) groups is 1. The molecule has 0 amide bonds. The molecule has 16 heavy (non-hydrogen) atoms. The molecule has 1 fully saturated rings. The molecular weight excluding hydrogens is 210 g/mol. The Bertz CT molecular complexity index is 355. The minimum Gasteiger partial charge on any atom is -0.481 e. The van der Waals surface area contributed by atoms with Gasteiger partial charge in [0.05, 0.1) is 19.2 Å². The van der Waals surface area contributed by atoms with Gasteiger partial charge in [-0.1, -0.05) is 0 Å². The lowest BCUT2D eigenvalue weighted by molar-refractivity contribution is -0.137. The van der Waals surface area contributed by atoms with Crippen molar-refractivity contribution < 1.29 is 19.1 Å². The highest BCUT2D eigenvalue weighted by molar-refractivity contribution is 5.66. The third kappa shape index (κ3) is 2.82. The summed E-state index contributed by atoms with van der Waals surface area (Å²) in [5.74, 6) is 0.767. The average Bonchev–Trinajstić information content (AvgIpc) is 2.76. The summed E-state index contributed by atoms with van der Waals surface area (Å²) in [6.45, 7) is 1.49. The smallest absolute Gasteiger partial charge is 0.303 e. The van der Waals surface area contributed by atoms with Crippen molar-refractivity contribution in [1.82, 2.24) is 4.98 Å². The topological polar surface area (TPSA) is 72.6 Å². The number of aryl methyl sites for hydroxylation is 1. The van der Waals surface area contributed by atoms with Gasteiger partial charge in [-0.3, -0.25) is 4.79 Å². The predicted molar refractivity (Wildman–Crippen MR) is 55.3 cm³/mol. The summed E-state index contributed by atoms with van der Waals surface area (Å²) in [7, 11) is 0. The number of aliphatic carboxylic acids is 1. The van der Waals surface area contributed by atoms with Crippen molar-refractivity contribution in [2.45, 2.75) is 31.6 Å². The molecule has 0 aliphatic carbocycles. The molecule has 2 heterocycles. The van der Waals surface area contributed by atoms with Crippen molar-refractivity contribution in [3.8, 4) is 0 Å². The van der Waals surface area contributed by atoms with Crippen molar-refractivity contribution in [3.05, 3.63) is 17.8 Å². The zero-order valence-electron chi connectivity index (χ0n) is 9.02. The van der Waals surface area contributed by atoms with Crippen LogP contribution in [0, 0.1) is 0 Å². The maximum atomic E-state index is 10.4. The minimum atomic E-state index is -0.833. The molecule has 1 N–H and O–H groups in total. The van der Waals surface area contributed by atoms with Gasteiger partial charge in [0.15, 0.2) is 5.89 Å². The molecule has 1 aromatic heterocycles. The summed E-state index contributed by atoms with van der Waals surface area (Å²) in [5, 5.41) is 8.54. The van der Waals surface area contributed by atoms with Gasteiger partial charge in [0, 0.05) is 18.9 Å². The van der Waals surface area contributed by atoms with E-state index in [1.807, 2.05) is 0 Å². The number of ether oxygens (including phenoxy) is 1. The van der Waals surface area contributed by atoms with Crippen molar-refractivity contribution >= 4 is 5.97 Å². The fourth-order valence-electron chi connectivity index (χ4n) is 1.81. The van der Waals surface area contributed by atoms with Crippen molar-refractivity contribution in [1.29, 1.82) is 0 Å². The summed E-state index contributed by atoms with van der Waals surface area (Å²) in [4.78, 5) is 14.5. The molecule has 1 unspecified atom stereocenters. The second-order valence-electron chi connectivity index (χ2n) is 3.96. The number of rotatable bonds is 4. The van der Waals surface area contributed by atoms with Crippen molar-refractivity contribution in [2.24, 2.45) is 0 Å². The normalized spacial score (nSPS) is 20.9. The Morgan fingerprint density at radius 2 is 2.50 bits per heavy atom. The van der Waals surface area contributed by atoms with Gasteiger partial charge in [-0.15, -0.1) is 0 Å². The monoisotopic (exact) mass is 225 g/mol. The Morgan fingerprint density at radius 1 is 1.62 bits per heavy atom. The highest BCUT2D eigenvalue weighted by atomic mass is 16.5. The van der Waals surface area contributed by atoms with E-state index >= 15 is 0 Å². The van der Waals surface area contributed by atoms with E-state index in [9.17, 15) is 4.79 Å². The molecule has 0 aromatic carbocycles. The van der Waals surface area contributed by atoms with E-state index in [2.05, 4.69) is 4.98 Å². The molecular formula is C11H15NO4. The number of aromatic nitrogens is 1. The first-order valence-corrected chi connectivity index (χ1v) is 5.50. The Kier molecular flexibility index (Phi) is 3.56. The standard InChI is InChI=1S/C11H15NO4/c13-11(14)4-3-10-12-6-9(16-10)8-2-1-5-15-7-8/h6,8H,1-5,7H2,(H,13,14). The van der Waals surface area contributed by atoms with E-state index in [1.165, 1.54) is 0 Å². The summed E-state index contributed by atoms with van der Waals surface area (Å²) in [6.07, 6.45) is 4.18.